The maximum absolute atomic E-state index is 13.4. The molecule has 5 nitrogen and oxygen atoms in total. The van der Waals surface area contributed by atoms with Crippen LogP contribution >= 0.6 is 0 Å². The second kappa shape index (κ2) is 4.28. The lowest BCUT2D eigenvalue weighted by Crippen LogP contribution is -2.30. The average Bonchev–Trinajstić information content (AvgIpc) is 3.04. The van der Waals surface area contributed by atoms with E-state index in [1.54, 1.807) is 0 Å². The van der Waals surface area contributed by atoms with E-state index < -0.39 is 28.2 Å². The molecule has 1 fully saturated rings. The quantitative estimate of drug-likeness (QED) is 0.631. The van der Waals surface area contributed by atoms with Gasteiger partial charge in [0.2, 0.25) is 10.0 Å². The van der Waals surface area contributed by atoms with Gasteiger partial charge in [-0.2, -0.15) is 0 Å². The Kier molecular flexibility index (Phi) is 3.11. The van der Waals surface area contributed by atoms with Crippen LogP contribution in [-0.2, 0) is 10.0 Å². The molecule has 1 saturated carbocycles. The Balaban J connectivity index is 2.28. The Bertz CT molecular complexity index is 530. The fourth-order valence-electron chi connectivity index (χ4n) is 1.40. The van der Waals surface area contributed by atoms with Gasteiger partial charge in [0.1, 0.15) is 5.82 Å². The van der Waals surface area contributed by atoms with Gasteiger partial charge in [-0.25, -0.2) is 12.8 Å². The zero-order chi connectivity index (χ0) is 12.6. The van der Waals surface area contributed by atoms with Crippen LogP contribution in [0, 0.1) is 5.82 Å². The van der Waals surface area contributed by atoms with Crippen LogP contribution in [0.1, 0.15) is 12.8 Å². The van der Waals surface area contributed by atoms with Crippen molar-refractivity contribution < 1.29 is 22.9 Å². The van der Waals surface area contributed by atoms with Crippen molar-refractivity contribution in [2.45, 2.75) is 18.1 Å². The molecule has 17 heavy (non-hydrogen) atoms. The predicted octanol–water partition coefficient (Wildman–Crippen LogP) is -0.590. The van der Waals surface area contributed by atoms with Crippen LogP contribution in [-0.4, -0.2) is 30.8 Å². The first kappa shape index (κ1) is 12.3. The maximum atomic E-state index is 13.4. The van der Waals surface area contributed by atoms with E-state index in [2.05, 4.69) is 4.72 Å². The summed E-state index contributed by atoms with van der Waals surface area (Å²) in [7, 11) is -5.32. The number of halogens is 1. The molecule has 0 aromatic heterocycles. The van der Waals surface area contributed by atoms with E-state index in [9.17, 15) is 12.8 Å². The lowest BCUT2D eigenvalue weighted by molar-refractivity contribution is 0.425. The Morgan fingerprint density at radius 3 is 2.53 bits per heavy atom. The summed E-state index contributed by atoms with van der Waals surface area (Å²) < 4.78 is 38.7. The van der Waals surface area contributed by atoms with Crippen LogP contribution in [0.25, 0.3) is 0 Å². The van der Waals surface area contributed by atoms with E-state index in [1.165, 1.54) is 6.07 Å². The highest BCUT2D eigenvalue weighted by Gasteiger charge is 2.36. The number of nitrogens with one attached hydrogen (secondary N) is 1. The van der Waals surface area contributed by atoms with Gasteiger partial charge in [0.15, 0.2) is 0 Å². The lowest BCUT2D eigenvalue weighted by Gasteiger charge is -2.09. The van der Waals surface area contributed by atoms with Crippen molar-refractivity contribution in [2.75, 3.05) is 4.72 Å². The first-order chi connectivity index (χ1) is 7.90. The molecule has 1 aromatic rings. The number of sulfonamides is 1. The smallest absolute Gasteiger partial charge is 0.423 e. The summed E-state index contributed by atoms with van der Waals surface area (Å²) in [5.74, 6) is -0.751. The highest BCUT2D eigenvalue weighted by atomic mass is 32.2. The normalized spacial score (nSPS) is 15.7. The van der Waals surface area contributed by atoms with Gasteiger partial charge < -0.3 is 10.0 Å². The van der Waals surface area contributed by atoms with E-state index in [0.29, 0.717) is 12.8 Å². The molecule has 2 rings (SSSR count). The van der Waals surface area contributed by atoms with Crippen molar-refractivity contribution in [1.29, 1.82) is 0 Å². The minimum Gasteiger partial charge on any atom is -0.423 e. The molecule has 0 atom stereocenters. The summed E-state index contributed by atoms with van der Waals surface area (Å²) >= 11 is 0. The van der Waals surface area contributed by atoms with Gasteiger partial charge >= 0.3 is 7.12 Å². The summed E-state index contributed by atoms with van der Waals surface area (Å²) in [4.78, 5) is 0. The molecule has 1 aliphatic carbocycles. The van der Waals surface area contributed by atoms with Crippen molar-refractivity contribution in [3.8, 4) is 0 Å². The third-order valence-corrected chi connectivity index (χ3v) is 4.36. The van der Waals surface area contributed by atoms with Gasteiger partial charge in [0.05, 0.1) is 10.9 Å². The SMILES string of the molecule is O=S(=O)(Nc1cc(B(O)O)ccc1F)C1CC1. The largest absolute Gasteiger partial charge is 0.488 e. The van der Waals surface area contributed by atoms with Gasteiger partial charge in [-0.1, -0.05) is 6.07 Å². The van der Waals surface area contributed by atoms with E-state index in [4.69, 9.17) is 10.0 Å². The fourth-order valence-corrected chi connectivity index (χ4v) is 2.78. The number of hydrogen-bond donors (Lipinski definition) is 3. The third-order valence-electron chi connectivity index (χ3n) is 2.50. The van der Waals surface area contributed by atoms with Crippen molar-refractivity contribution in [3.63, 3.8) is 0 Å². The lowest BCUT2D eigenvalue weighted by atomic mass is 9.80. The molecule has 0 unspecified atom stereocenters. The van der Waals surface area contributed by atoms with Gasteiger partial charge in [0, 0.05) is 0 Å². The number of rotatable bonds is 4. The Morgan fingerprint density at radius 2 is 2.00 bits per heavy atom. The Labute approximate surface area is 98.5 Å². The first-order valence-corrected chi connectivity index (χ1v) is 6.62. The van der Waals surface area contributed by atoms with Crippen LogP contribution in [0.5, 0.6) is 0 Å². The average molecular weight is 259 g/mol. The fraction of sp³-hybridized carbons (Fsp3) is 0.333. The van der Waals surface area contributed by atoms with E-state index >= 15 is 0 Å². The van der Waals surface area contributed by atoms with Crippen LogP contribution in [0.3, 0.4) is 0 Å². The maximum Gasteiger partial charge on any atom is 0.488 e. The first-order valence-electron chi connectivity index (χ1n) is 5.07. The molecule has 1 aliphatic rings. The van der Waals surface area contributed by atoms with Gasteiger partial charge in [-0.3, -0.25) is 4.72 Å². The number of hydrogen-bond acceptors (Lipinski definition) is 4. The Morgan fingerprint density at radius 1 is 1.35 bits per heavy atom. The van der Waals surface area contributed by atoms with Crippen LogP contribution in [0.2, 0.25) is 0 Å². The minimum atomic E-state index is -3.56. The summed E-state index contributed by atoms with van der Waals surface area (Å²) in [5, 5.41) is 17.4. The molecule has 92 valence electrons. The second-order valence-corrected chi connectivity index (χ2v) is 5.92. The number of benzene rings is 1. The molecule has 8 heteroatoms. The van der Waals surface area contributed by atoms with Crippen LogP contribution in [0.4, 0.5) is 10.1 Å². The van der Waals surface area contributed by atoms with E-state index in [0.717, 1.165) is 12.1 Å². The van der Waals surface area contributed by atoms with Crippen LogP contribution in [0.15, 0.2) is 18.2 Å². The predicted molar refractivity (Wildman–Crippen MR) is 61.8 cm³/mol. The summed E-state index contributed by atoms with van der Waals surface area (Å²) in [6, 6.07) is 3.23. The van der Waals surface area contributed by atoms with E-state index in [-0.39, 0.29) is 11.2 Å². The van der Waals surface area contributed by atoms with Crippen LogP contribution < -0.4 is 10.2 Å². The minimum absolute atomic E-state index is 0.0277. The molecule has 3 N–H and O–H groups in total. The second-order valence-electron chi connectivity index (χ2n) is 3.96. The summed E-state index contributed by atoms with van der Waals surface area (Å²) in [6.07, 6.45) is 1.14. The van der Waals surface area contributed by atoms with Crippen molar-refractivity contribution in [3.05, 3.63) is 24.0 Å². The highest BCUT2D eigenvalue weighted by Crippen LogP contribution is 2.30. The molecule has 0 spiro atoms. The molecule has 1 aromatic carbocycles. The molecular formula is C9H11BFNO4S. The highest BCUT2D eigenvalue weighted by molar-refractivity contribution is 7.93. The zero-order valence-corrected chi connectivity index (χ0v) is 9.61. The van der Waals surface area contributed by atoms with Gasteiger partial charge in [-0.15, -0.1) is 0 Å². The third kappa shape index (κ3) is 2.77. The monoisotopic (exact) mass is 259 g/mol. The molecule has 0 heterocycles. The van der Waals surface area contributed by atoms with Gasteiger partial charge in [-0.05, 0) is 30.4 Å². The molecule has 0 bridgehead atoms. The Hall–Kier alpha value is -1.12. The van der Waals surface area contributed by atoms with E-state index in [1.807, 2.05) is 0 Å². The molecule has 0 aliphatic heterocycles. The van der Waals surface area contributed by atoms with Crippen molar-refractivity contribution in [2.24, 2.45) is 0 Å². The zero-order valence-electron chi connectivity index (χ0n) is 8.80. The summed E-state index contributed by atoms with van der Waals surface area (Å²) in [5.41, 5.74) is -0.234. The standard InChI is InChI=1S/C9H11BFNO4S/c11-8-4-1-6(10(13)14)5-9(8)12-17(15,16)7-2-3-7/h1,4-5,7,12-14H,2-3H2. The van der Waals surface area contributed by atoms with Crippen molar-refractivity contribution in [1.82, 2.24) is 0 Å². The van der Waals surface area contributed by atoms with Gasteiger partial charge in [0.25, 0.3) is 0 Å². The molecule has 0 saturated heterocycles. The topological polar surface area (TPSA) is 86.6 Å². The molecule has 0 amide bonds. The van der Waals surface area contributed by atoms with Crippen molar-refractivity contribution >= 4 is 28.3 Å². The molecular weight excluding hydrogens is 248 g/mol. The summed E-state index contributed by atoms with van der Waals surface area (Å²) in [6.45, 7) is 0. The number of anilines is 1. The molecule has 0 radical (unpaired) electrons.